The molecule has 1 N–H and O–H groups in total. The van der Waals surface area contributed by atoms with Crippen molar-refractivity contribution < 1.29 is 9.72 Å². The molecule has 0 saturated carbocycles. The number of hydrogen-bond acceptors (Lipinski definition) is 4. The number of aromatic nitrogens is 2. The lowest BCUT2D eigenvalue weighted by Gasteiger charge is -2.06. The second kappa shape index (κ2) is 7.43. The summed E-state index contributed by atoms with van der Waals surface area (Å²) in [6, 6.07) is 5.57. The Hall–Kier alpha value is -2.12. The molecule has 0 spiro atoms. The fourth-order valence-electron chi connectivity index (χ4n) is 1.97. The summed E-state index contributed by atoms with van der Waals surface area (Å²) in [5.74, 6) is -0.366. The van der Waals surface area contributed by atoms with Gasteiger partial charge in [0, 0.05) is 30.8 Å². The molecule has 0 saturated heterocycles. The van der Waals surface area contributed by atoms with Gasteiger partial charge in [-0.2, -0.15) is 5.10 Å². The van der Waals surface area contributed by atoms with Crippen LogP contribution >= 0.6 is 23.2 Å². The molecule has 122 valence electrons. The molecule has 1 aromatic heterocycles. The Labute approximate surface area is 142 Å². The van der Waals surface area contributed by atoms with Crippen LogP contribution in [0.2, 0.25) is 10.2 Å². The lowest BCUT2D eigenvalue weighted by molar-refractivity contribution is -0.384. The summed E-state index contributed by atoms with van der Waals surface area (Å²) < 4.78 is 1.57. The molecular formula is C14H14Cl2N4O3. The number of non-ortho nitro benzene ring substituents is 1. The van der Waals surface area contributed by atoms with Crippen LogP contribution in [0.1, 0.15) is 22.5 Å². The summed E-state index contributed by atoms with van der Waals surface area (Å²) in [5.41, 5.74) is 0.776. The van der Waals surface area contributed by atoms with Crippen LogP contribution in [-0.4, -0.2) is 27.2 Å². The van der Waals surface area contributed by atoms with Crippen LogP contribution < -0.4 is 5.32 Å². The first-order chi connectivity index (χ1) is 10.9. The maximum Gasteiger partial charge on any atom is 0.270 e. The highest BCUT2D eigenvalue weighted by Gasteiger charge is 2.12. The Morgan fingerprint density at radius 1 is 1.43 bits per heavy atom. The van der Waals surface area contributed by atoms with Crippen LogP contribution in [0.15, 0.2) is 24.3 Å². The number of nitro groups is 1. The van der Waals surface area contributed by atoms with Crippen LogP contribution in [0.3, 0.4) is 0 Å². The second-order valence-corrected chi connectivity index (χ2v) is 5.57. The molecule has 9 heteroatoms. The minimum absolute atomic E-state index is 0.119. The molecule has 0 aliphatic carbocycles. The van der Waals surface area contributed by atoms with Crippen molar-refractivity contribution in [3.05, 3.63) is 55.8 Å². The van der Waals surface area contributed by atoms with Crippen molar-refractivity contribution >= 4 is 34.8 Å². The van der Waals surface area contributed by atoms with Crippen molar-refractivity contribution in [2.45, 2.75) is 19.9 Å². The number of nitrogens with zero attached hydrogens (tertiary/aromatic N) is 3. The van der Waals surface area contributed by atoms with Gasteiger partial charge < -0.3 is 5.32 Å². The lowest BCUT2D eigenvalue weighted by Crippen LogP contribution is -2.25. The Balaban J connectivity index is 1.86. The van der Waals surface area contributed by atoms with Crippen molar-refractivity contribution in [2.24, 2.45) is 0 Å². The van der Waals surface area contributed by atoms with E-state index in [2.05, 4.69) is 10.4 Å². The number of benzene rings is 1. The van der Waals surface area contributed by atoms with E-state index in [0.717, 1.165) is 0 Å². The Bertz CT molecular complexity index is 746. The van der Waals surface area contributed by atoms with Crippen molar-refractivity contribution in [2.75, 3.05) is 6.54 Å². The van der Waals surface area contributed by atoms with E-state index in [9.17, 15) is 14.9 Å². The fourth-order valence-corrected chi connectivity index (χ4v) is 2.37. The van der Waals surface area contributed by atoms with Gasteiger partial charge in [-0.1, -0.05) is 29.3 Å². The number of nitro benzene ring substituents is 1. The molecule has 0 atom stereocenters. The number of nitrogens with one attached hydrogen (secondary N) is 1. The van der Waals surface area contributed by atoms with Crippen molar-refractivity contribution in [1.29, 1.82) is 0 Å². The molecule has 0 unspecified atom stereocenters. The molecular weight excluding hydrogens is 343 g/mol. The zero-order valence-corrected chi connectivity index (χ0v) is 13.8. The van der Waals surface area contributed by atoms with Gasteiger partial charge in [-0.15, -0.1) is 0 Å². The number of rotatable bonds is 6. The van der Waals surface area contributed by atoms with Gasteiger partial charge in [0.25, 0.3) is 11.6 Å². The molecule has 7 nitrogen and oxygen atoms in total. The van der Waals surface area contributed by atoms with Crippen LogP contribution in [0.4, 0.5) is 5.69 Å². The summed E-state index contributed by atoms with van der Waals surface area (Å²) in [6.45, 7) is 2.64. The molecule has 1 amide bonds. The second-order valence-electron chi connectivity index (χ2n) is 4.83. The summed E-state index contributed by atoms with van der Waals surface area (Å²) in [4.78, 5) is 22.1. The van der Waals surface area contributed by atoms with E-state index >= 15 is 0 Å². The number of amides is 1. The zero-order chi connectivity index (χ0) is 17.0. The predicted octanol–water partition coefficient (Wildman–Crippen LogP) is 3.23. The molecule has 0 bridgehead atoms. The van der Waals surface area contributed by atoms with Gasteiger partial charge in [-0.25, -0.2) is 0 Å². The number of carbonyl (C=O) groups is 1. The third-order valence-corrected chi connectivity index (χ3v) is 4.08. The molecule has 0 fully saturated rings. The molecule has 0 aliphatic rings. The zero-order valence-electron chi connectivity index (χ0n) is 12.3. The fraction of sp³-hybridized carbons (Fsp3) is 0.286. The maximum atomic E-state index is 12.0. The van der Waals surface area contributed by atoms with Gasteiger partial charge in [0.05, 0.1) is 10.6 Å². The summed E-state index contributed by atoms with van der Waals surface area (Å²) in [5, 5.41) is 18.4. The minimum atomic E-state index is -0.539. The van der Waals surface area contributed by atoms with Crippen LogP contribution in [-0.2, 0) is 6.54 Å². The molecule has 0 aliphatic heterocycles. The van der Waals surface area contributed by atoms with Crippen LogP contribution in [0.25, 0.3) is 0 Å². The highest BCUT2D eigenvalue weighted by Crippen LogP contribution is 2.24. The van der Waals surface area contributed by atoms with Crippen molar-refractivity contribution in [3.8, 4) is 0 Å². The first-order valence-electron chi connectivity index (χ1n) is 6.81. The van der Waals surface area contributed by atoms with E-state index < -0.39 is 4.92 Å². The topological polar surface area (TPSA) is 90.1 Å². The smallest absolute Gasteiger partial charge is 0.270 e. The standard InChI is InChI=1S/C14H14Cl2N4O3/c1-9-12(15)13(16)19(18-9)7-3-6-17-14(21)10-4-2-5-11(8-10)20(22)23/h2,4-5,8H,3,6-7H2,1H3,(H,17,21). The molecule has 23 heavy (non-hydrogen) atoms. The highest BCUT2D eigenvalue weighted by molar-refractivity contribution is 6.41. The van der Waals surface area contributed by atoms with E-state index in [-0.39, 0.29) is 17.2 Å². The Morgan fingerprint density at radius 2 is 2.17 bits per heavy atom. The molecule has 2 aromatic rings. The Kier molecular flexibility index (Phi) is 5.57. The highest BCUT2D eigenvalue weighted by atomic mass is 35.5. The van der Waals surface area contributed by atoms with Gasteiger partial charge in [-0.3, -0.25) is 19.6 Å². The first-order valence-corrected chi connectivity index (χ1v) is 7.57. The van der Waals surface area contributed by atoms with Crippen molar-refractivity contribution in [3.63, 3.8) is 0 Å². The number of halogens is 2. The van der Waals surface area contributed by atoms with Gasteiger partial charge in [0.1, 0.15) is 10.2 Å². The van der Waals surface area contributed by atoms with E-state index in [1.54, 1.807) is 11.6 Å². The summed E-state index contributed by atoms with van der Waals surface area (Å²) >= 11 is 12.0. The van der Waals surface area contributed by atoms with Crippen molar-refractivity contribution in [1.82, 2.24) is 15.1 Å². The molecule has 2 rings (SSSR count). The van der Waals surface area contributed by atoms with Gasteiger partial charge in [0.2, 0.25) is 0 Å². The number of carbonyl (C=O) groups excluding carboxylic acids is 1. The number of hydrogen-bond donors (Lipinski definition) is 1. The average molecular weight is 357 g/mol. The average Bonchev–Trinajstić information content (AvgIpc) is 2.78. The van der Waals surface area contributed by atoms with E-state index in [0.29, 0.717) is 35.4 Å². The molecule has 1 heterocycles. The lowest BCUT2D eigenvalue weighted by atomic mass is 10.2. The van der Waals surface area contributed by atoms with E-state index in [4.69, 9.17) is 23.2 Å². The van der Waals surface area contributed by atoms with Crippen LogP contribution in [0.5, 0.6) is 0 Å². The SMILES string of the molecule is Cc1nn(CCCNC(=O)c2cccc([N+](=O)[O-])c2)c(Cl)c1Cl. The molecule has 0 radical (unpaired) electrons. The summed E-state index contributed by atoms with van der Waals surface area (Å²) in [7, 11) is 0. The third kappa shape index (κ3) is 4.20. The largest absolute Gasteiger partial charge is 0.352 e. The predicted molar refractivity (Wildman–Crippen MR) is 87.0 cm³/mol. The molecule has 1 aromatic carbocycles. The quantitative estimate of drug-likeness (QED) is 0.488. The minimum Gasteiger partial charge on any atom is -0.352 e. The van der Waals surface area contributed by atoms with E-state index in [1.807, 2.05) is 0 Å². The first kappa shape index (κ1) is 17.2. The van der Waals surface area contributed by atoms with Gasteiger partial charge in [-0.05, 0) is 19.4 Å². The van der Waals surface area contributed by atoms with Gasteiger partial charge >= 0.3 is 0 Å². The van der Waals surface area contributed by atoms with Gasteiger partial charge in [0.15, 0.2) is 0 Å². The Morgan fingerprint density at radius 3 is 2.78 bits per heavy atom. The van der Waals surface area contributed by atoms with E-state index in [1.165, 1.54) is 24.3 Å². The maximum absolute atomic E-state index is 12.0. The normalized spacial score (nSPS) is 10.6. The summed E-state index contributed by atoms with van der Waals surface area (Å²) in [6.07, 6.45) is 0.595. The third-order valence-electron chi connectivity index (χ3n) is 3.15. The number of aryl methyl sites for hydroxylation is 2. The van der Waals surface area contributed by atoms with Crippen LogP contribution in [0, 0.1) is 17.0 Å². The monoisotopic (exact) mass is 356 g/mol.